The molecule has 0 aliphatic carbocycles. The van der Waals surface area contributed by atoms with Crippen molar-refractivity contribution in [3.8, 4) is 0 Å². The Kier molecular flexibility index (Phi) is 6.15. The van der Waals surface area contributed by atoms with Gasteiger partial charge in [0.25, 0.3) is 15.9 Å². The van der Waals surface area contributed by atoms with E-state index in [1.807, 2.05) is 42.8 Å². The summed E-state index contributed by atoms with van der Waals surface area (Å²) < 4.78 is 26.8. The van der Waals surface area contributed by atoms with Crippen molar-refractivity contribution in [2.75, 3.05) is 11.9 Å². The van der Waals surface area contributed by atoms with Gasteiger partial charge in [0.15, 0.2) is 0 Å². The van der Waals surface area contributed by atoms with Crippen LogP contribution in [0.25, 0.3) is 0 Å². The first-order valence-electron chi connectivity index (χ1n) is 10.5. The molecule has 2 aromatic carbocycles. The van der Waals surface area contributed by atoms with E-state index in [0.29, 0.717) is 25.1 Å². The second kappa shape index (κ2) is 9.03. The first kappa shape index (κ1) is 22.5. The first-order chi connectivity index (χ1) is 15.7. The van der Waals surface area contributed by atoms with Gasteiger partial charge in [-0.15, -0.1) is 0 Å². The number of carbonyl (C=O) groups is 2. The van der Waals surface area contributed by atoms with E-state index >= 15 is 0 Å². The van der Waals surface area contributed by atoms with Gasteiger partial charge in [0.05, 0.1) is 4.90 Å². The standard InChI is InChI=1S/C24H24N4O4S/c1-16-3-7-18(8-4-16)23(29)28-14-13-21-19(15-28)9-12-22(25-21)26-24(30)27-33(31,32)20-10-5-17(2)6-11-20/h3-12H,13-15H2,1-2H3,(H2,25,26,27,30). The highest BCUT2D eigenvalue weighted by Gasteiger charge is 2.23. The van der Waals surface area contributed by atoms with Crippen LogP contribution in [0.1, 0.15) is 32.7 Å². The lowest BCUT2D eigenvalue weighted by Crippen LogP contribution is -2.37. The largest absolute Gasteiger partial charge is 0.334 e. The smallest absolute Gasteiger partial charge is 0.334 e. The molecule has 0 unspecified atom stereocenters. The van der Waals surface area contributed by atoms with Gasteiger partial charge in [0.2, 0.25) is 0 Å². The molecule has 170 valence electrons. The van der Waals surface area contributed by atoms with Crippen molar-refractivity contribution >= 4 is 27.8 Å². The lowest BCUT2D eigenvalue weighted by Gasteiger charge is -2.28. The van der Waals surface area contributed by atoms with Crippen molar-refractivity contribution in [3.05, 3.63) is 88.6 Å². The zero-order valence-electron chi connectivity index (χ0n) is 18.3. The molecule has 9 heteroatoms. The number of sulfonamides is 1. The molecular formula is C24H24N4O4S. The molecule has 0 fully saturated rings. The molecular weight excluding hydrogens is 440 g/mol. The average Bonchev–Trinajstić information content (AvgIpc) is 2.78. The van der Waals surface area contributed by atoms with Crippen LogP contribution >= 0.6 is 0 Å². The number of pyridine rings is 1. The third-order valence-electron chi connectivity index (χ3n) is 5.43. The van der Waals surface area contributed by atoms with Gasteiger partial charge < -0.3 is 4.90 Å². The molecule has 2 heterocycles. The van der Waals surface area contributed by atoms with Crippen molar-refractivity contribution in [1.29, 1.82) is 0 Å². The van der Waals surface area contributed by atoms with E-state index in [-0.39, 0.29) is 16.6 Å². The van der Waals surface area contributed by atoms with Crippen molar-refractivity contribution in [2.45, 2.75) is 31.7 Å². The van der Waals surface area contributed by atoms with E-state index in [0.717, 1.165) is 22.4 Å². The van der Waals surface area contributed by atoms with Gasteiger partial charge in [-0.2, -0.15) is 0 Å². The van der Waals surface area contributed by atoms with Gasteiger partial charge in [-0.3, -0.25) is 10.1 Å². The maximum atomic E-state index is 12.8. The van der Waals surface area contributed by atoms with Crippen LogP contribution in [0, 0.1) is 13.8 Å². The summed E-state index contributed by atoms with van der Waals surface area (Å²) in [5.74, 6) is 0.201. The van der Waals surface area contributed by atoms with Crippen LogP contribution in [0.5, 0.6) is 0 Å². The molecule has 2 N–H and O–H groups in total. The van der Waals surface area contributed by atoms with Crippen LogP contribution in [0.3, 0.4) is 0 Å². The SMILES string of the molecule is Cc1ccc(C(=O)N2CCc3nc(NC(=O)NS(=O)(=O)c4ccc(C)cc4)ccc3C2)cc1. The summed E-state index contributed by atoms with van der Waals surface area (Å²) in [6, 6.07) is 16.1. The first-order valence-corrected chi connectivity index (χ1v) is 11.9. The van der Waals surface area contributed by atoms with E-state index in [1.54, 1.807) is 29.2 Å². The Morgan fingerprint density at radius 1 is 0.909 bits per heavy atom. The number of fused-ring (bicyclic) bond motifs is 1. The summed E-state index contributed by atoms with van der Waals surface area (Å²) in [5.41, 5.74) is 4.30. The number of aryl methyl sites for hydroxylation is 2. The Morgan fingerprint density at radius 2 is 1.55 bits per heavy atom. The quantitative estimate of drug-likeness (QED) is 0.615. The molecule has 0 spiro atoms. The van der Waals surface area contributed by atoms with Crippen LogP contribution in [-0.2, 0) is 23.0 Å². The van der Waals surface area contributed by atoms with E-state index in [9.17, 15) is 18.0 Å². The van der Waals surface area contributed by atoms with E-state index in [1.165, 1.54) is 12.1 Å². The minimum atomic E-state index is -3.99. The zero-order valence-corrected chi connectivity index (χ0v) is 19.1. The van der Waals surface area contributed by atoms with Crippen molar-refractivity contribution in [1.82, 2.24) is 14.6 Å². The molecule has 4 rings (SSSR count). The van der Waals surface area contributed by atoms with E-state index < -0.39 is 16.1 Å². The molecule has 0 atom stereocenters. The van der Waals surface area contributed by atoms with Crippen LogP contribution in [0.2, 0.25) is 0 Å². The Morgan fingerprint density at radius 3 is 2.21 bits per heavy atom. The Labute approximate surface area is 192 Å². The average molecular weight is 465 g/mol. The molecule has 1 aliphatic rings. The van der Waals surface area contributed by atoms with Gasteiger partial charge in [0, 0.05) is 30.8 Å². The highest BCUT2D eigenvalue weighted by atomic mass is 32.2. The highest BCUT2D eigenvalue weighted by Crippen LogP contribution is 2.21. The minimum Gasteiger partial charge on any atom is -0.334 e. The maximum absolute atomic E-state index is 12.8. The van der Waals surface area contributed by atoms with Gasteiger partial charge in [-0.25, -0.2) is 22.9 Å². The summed E-state index contributed by atoms with van der Waals surface area (Å²) in [6.45, 7) is 4.74. The normalized spacial score (nSPS) is 13.2. The molecule has 3 aromatic rings. The number of hydrogen-bond donors (Lipinski definition) is 2. The predicted octanol–water partition coefficient (Wildman–Crippen LogP) is 3.41. The minimum absolute atomic E-state index is 0.0000136. The van der Waals surface area contributed by atoms with Crippen molar-refractivity contribution < 1.29 is 18.0 Å². The second-order valence-electron chi connectivity index (χ2n) is 8.02. The molecule has 0 saturated carbocycles. The molecule has 3 amide bonds. The lowest BCUT2D eigenvalue weighted by atomic mass is 10.0. The number of urea groups is 1. The van der Waals surface area contributed by atoms with Gasteiger partial charge in [0.1, 0.15) is 5.82 Å². The monoisotopic (exact) mass is 464 g/mol. The number of rotatable bonds is 4. The summed E-state index contributed by atoms with van der Waals surface area (Å²) >= 11 is 0. The number of nitrogens with zero attached hydrogens (tertiary/aromatic N) is 2. The van der Waals surface area contributed by atoms with Crippen molar-refractivity contribution in [2.24, 2.45) is 0 Å². The molecule has 0 bridgehead atoms. The summed E-state index contributed by atoms with van der Waals surface area (Å²) in [5, 5.41) is 2.47. The van der Waals surface area contributed by atoms with Crippen LogP contribution in [-0.4, -0.2) is 36.8 Å². The predicted molar refractivity (Wildman–Crippen MR) is 124 cm³/mol. The lowest BCUT2D eigenvalue weighted by molar-refractivity contribution is 0.0733. The second-order valence-corrected chi connectivity index (χ2v) is 9.70. The van der Waals surface area contributed by atoms with Gasteiger partial charge in [-0.05, 0) is 49.7 Å². The fourth-order valence-corrected chi connectivity index (χ4v) is 4.49. The number of benzene rings is 2. The zero-order chi connectivity index (χ0) is 23.6. The summed E-state index contributed by atoms with van der Waals surface area (Å²) in [4.78, 5) is 31.3. The topological polar surface area (TPSA) is 108 Å². The molecule has 33 heavy (non-hydrogen) atoms. The Balaban J connectivity index is 1.41. The maximum Gasteiger partial charge on any atom is 0.334 e. The third kappa shape index (κ3) is 5.20. The van der Waals surface area contributed by atoms with Crippen LogP contribution < -0.4 is 10.0 Å². The number of anilines is 1. The number of carbonyl (C=O) groups excluding carboxylic acids is 2. The van der Waals surface area contributed by atoms with Crippen LogP contribution in [0.15, 0.2) is 65.6 Å². The van der Waals surface area contributed by atoms with Gasteiger partial charge >= 0.3 is 6.03 Å². The van der Waals surface area contributed by atoms with Gasteiger partial charge in [-0.1, -0.05) is 41.5 Å². The third-order valence-corrected chi connectivity index (χ3v) is 6.78. The number of amides is 3. The van der Waals surface area contributed by atoms with E-state index in [2.05, 4.69) is 10.3 Å². The Bertz CT molecular complexity index is 1300. The van der Waals surface area contributed by atoms with Crippen LogP contribution in [0.4, 0.5) is 10.6 Å². The van der Waals surface area contributed by atoms with E-state index in [4.69, 9.17) is 0 Å². The molecule has 1 aliphatic heterocycles. The number of hydrogen-bond acceptors (Lipinski definition) is 5. The number of nitrogens with one attached hydrogen (secondary N) is 2. The molecule has 0 radical (unpaired) electrons. The van der Waals surface area contributed by atoms with Crippen molar-refractivity contribution in [3.63, 3.8) is 0 Å². The molecule has 8 nitrogen and oxygen atoms in total. The molecule has 0 saturated heterocycles. The number of aromatic nitrogens is 1. The molecule has 1 aromatic heterocycles. The Hall–Kier alpha value is -3.72. The fourth-order valence-electron chi connectivity index (χ4n) is 3.58. The highest BCUT2D eigenvalue weighted by molar-refractivity contribution is 7.90. The summed E-state index contributed by atoms with van der Waals surface area (Å²) in [6.07, 6.45) is 0.533. The summed E-state index contributed by atoms with van der Waals surface area (Å²) in [7, 11) is -3.99. The fraction of sp³-hybridized carbons (Fsp3) is 0.208.